The molecule has 0 radical (unpaired) electrons. The van der Waals surface area contributed by atoms with E-state index < -0.39 is 5.72 Å². The van der Waals surface area contributed by atoms with E-state index >= 15 is 0 Å². The van der Waals surface area contributed by atoms with Gasteiger partial charge in [0.15, 0.2) is 0 Å². The third-order valence-electron chi connectivity index (χ3n) is 4.12. The van der Waals surface area contributed by atoms with Crippen molar-refractivity contribution in [1.82, 2.24) is 4.90 Å². The number of ether oxygens (including phenoxy) is 1. The molecular formula is C17H19NO2. The molecule has 0 N–H and O–H groups in total. The lowest BCUT2D eigenvalue weighted by Gasteiger charge is -2.40. The smallest absolute Gasteiger partial charge is 0.249 e. The third-order valence-corrected chi connectivity index (χ3v) is 4.12. The topological polar surface area (TPSA) is 29.5 Å². The predicted octanol–water partition coefficient (Wildman–Crippen LogP) is 3.21. The molecular weight excluding hydrogens is 250 g/mol. The first-order valence-corrected chi connectivity index (χ1v) is 7.06. The van der Waals surface area contributed by atoms with Crippen LogP contribution in [-0.4, -0.2) is 23.1 Å². The average molecular weight is 269 g/mol. The first-order valence-electron chi connectivity index (χ1n) is 7.06. The van der Waals surface area contributed by atoms with Crippen LogP contribution in [0.1, 0.15) is 30.9 Å². The van der Waals surface area contributed by atoms with Gasteiger partial charge in [0.25, 0.3) is 0 Å². The van der Waals surface area contributed by atoms with E-state index in [1.54, 1.807) is 6.08 Å². The molecule has 2 aliphatic rings. The van der Waals surface area contributed by atoms with Crippen molar-refractivity contribution in [2.75, 3.05) is 6.61 Å². The molecule has 0 aliphatic carbocycles. The number of amides is 1. The highest BCUT2D eigenvalue weighted by molar-refractivity contribution is 5.89. The number of carbonyl (C=O) groups is 1. The van der Waals surface area contributed by atoms with E-state index in [2.05, 4.69) is 18.7 Å². The van der Waals surface area contributed by atoms with Gasteiger partial charge < -0.3 is 9.64 Å². The van der Waals surface area contributed by atoms with Crippen molar-refractivity contribution in [3.8, 4) is 0 Å². The Hall–Kier alpha value is -1.87. The quantitative estimate of drug-likeness (QED) is 0.785. The van der Waals surface area contributed by atoms with E-state index in [0.29, 0.717) is 6.61 Å². The van der Waals surface area contributed by atoms with E-state index in [1.165, 1.54) is 0 Å². The van der Waals surface area contributed by atoms with Crippen LogP contribution in [0.5, 0.6) is 0 Å². The Balaban J connectivity index is 1.94. The van der Waals surface area contributed by atoms with Gasteiger partial charge in [0.05, 0.1) is 12.6 Å². The zero-order valence-electron chi connectivity index (χ0n) is 11.5. The van der Waals surface area contributed by atoms with Crippen LogP contribution in [0.25, 0.3) is 0 Å². The van der Waals surface area contributed by atoms with Crippen molar-refractivity contribution >= 4 is 5.91 Å². The highest BCUT2D eigenvalue weighted by Crippen LogP contribution is 2.44. The van der Waals surface area contributed by atoms with E-state index in [0.717, 1.165) is 24.8 Å². The van der Waals surface area contributed by atoms with Gasteiger partial charge >= 0.3 is 0 Å². The number of fused-ring (bicyclic) bond motifs is 1. The molecule has 1 aromatic rings. The molecule has 3 nitrogen and oxygen atoms in total. The first kappa shape index (κ1) is 13.1. The lowest BCUT2D eigenvalue weighted by atomic mass is 9.95. The summed E-state index contributed by atoms with van der Waals surface area (Å²) in [5.41, 5.74) is 0.650. The first-order chi connectivity index (χ1) is 9.77. The fourth-order valence-corrected chi connectivity index (χ4v) is 3.14. The summed E-state index contributed by atoms with van der Waals surface area (Å²) >= 11 is 0. The van der Waals surface area contributed by atoms with Crippen LogP contribution in [0.4, 0.5) is 0 Å². The molecule has 2 heterocycles. The van der Waals surface area contributed by atoms with Crippen LogP contribution >= 0.6 is 0 Å². The molecule has 0 bridgehead atoms. The van der Waals surface area contributed by atoms with Crippen molar-refractivity contribution in [2.45, 2.75) is 31.0 Å². The van der Waals surface area contributed by atoms with Crippen LogP contribution < -0.4 is 0 Å². The highest BCUT2D eigenvalue weighted by Gasteiger charge is 2.50. The fourth-order valence-electron chi connectivity index (χ4n) is 3.14. The summed E-state index contributed by atoms with van der Waals surface area (Å²) in [5.74, 6) is 0.0478. The second-order valence-electron chi connectivity index (χ2n) is 5.33. The number of benzene rings is 1. The molecule has 1 fully saturated rings. The van der Waals surface area contributed by atoms with Crippen LogP contribution in [0.2, 0.25) is 0 Å². The number of carbonyl (C=O) groups excluding carboxylic acids is 1. The molecule has 20 heavy (non-hydrogen) atoms. The van der Waals surface area contributed by atoms with Gasteiger partial charge in [-0.15, -0.1) is 6.58 Å². The lowest BCUT2D eigenvalue weighted by molar-refractivity contribution is -0.149. The predicted molar refractivity (Wildman–Crippen MR) is 77.9 cm³/mol. The average Bonchev–Trinajstić information content (AvgIpc) is 2.87. The Morgan fingerprint density at radius 3 is 2.95 bits per heavy atom. The Bertz CT molecular complexity index is 537. The molecule has 2 atom stereocenters. The molecule has 0 spiro atoms. The van der Waals surface area contributed by atoms with Gasteiger partial charge in [0, 0.05) is 6.42 Å². The van der Waals surface area contributed by atoms with Crippen LogP contribution in [-0.2, 0) is 9.53 Å². The second-order valence-corrected chi connectivity index (χ2v) is 5.33. The number of allylic oxidation sites excluding steroid dienone is 1. The van der Waals surface area contributed by atoms with Crippen LogP contribution in [0.15, 0.2) is 55.1 Å². The normalized spacial score (nSPS) is 28.5. The second kappa shape index (κ2) is 5.25. The lowest BCUT2D eigenvalue weighted by Crippen LogP contribution is -2.50. The largest absolute Gasteiger partial charge is 0.353 e. The summed E-state index contributed by atoms with van der Waals surface area (Å²) in [5, 5.41) is 0. The minimum absolute atomic E-state index is 0.0125. The Kier molecular flexibility index (Phi) is 3.45. The van der Waals surface area contributed by atoms with Crippen molar-refractivity contribution in [3.05, 3.63) is 60.7 Å². The molecule has 3 heteroatoms. The van der Waals surface area contributed by atoms with Crippen molar-refractivity contribution < 1.29 is 9.53 Å². The Labute approximate surface area is 119 Å². The standard InChI is InChI=1S/C17H19NO2/c1-2-3-11-17-12-7-10-16(19)18(17)15(13-20-17)14-8-5-4-6-9-14/h2,4-10,15H,1,3,11-13H2/t15-,17-/m1/s1. The minimum atomic E-state index is -0.486. The number of nitrogens with zero attached hydrogens (tertiary/aromatic N) is 1. The minimum Gasteiger partial charge on any atom is -0.353 e. The van der Waals surface area contributed by atoms with Crippen molar-refractivity contribution in [2.24, 2.45) is 0 Å². The van der Waals surface area contributed by atoms with Gasteiger partial charge in [0.1, 0.15) is 5.72 Å². The fraction of sp³-hybridized carbons (Fsp3) is 0.353. The molecule has 0 unspecified atom stereocenters. The maximum atomic E-state index is 12.4. The van der Waals surface area contributed by atoms with E-state index in [1.807, 2.05) is 35.3 Å². The van der Waals surface area contributed by atoms with E-state index in [9.17, 15) is 4.79 Å². The zero-order valence-corrected chi connectivity index (χ0v) is 11.5. The summed E-state index contributed by atoms with van der Waals surface area (Å²) in [6.07, 6.45) is 7.88. The number of hydrogen-bond donors (Lipinski definition) is 0. The van der Waals surface area contributed by atoms with Crippen LogP contribution in [0, 0.1) is 0 Å². The molecule has 1 amide bonds. The summed E-state index contributed by atoms with van der Waals surface area (Å²) in [4.78, 5) is 14.3. The Morgan fingerprint density at radius 2 is 2.20 bits per heavy atom. The summed E-state index contributed by atoms with van der Waals surface area (Å²) in [6.45, 7) is 4.34. The van der Waals surface area contributed by atoms with Crippen molar-refractivity contribution in [1.29, 1.82) is 0 Å². The summed E-state index contributed by atoms with van der Waals surface area (Å²) < 4.78 is 6.09. The number of hydrogen-bond acceptors (Lipinski definition) is 2. The maximum Gasteiger partial charge on any atom is 0.249 e. The van der Waals surface area contributed by atoms with Gasteiger partial charge in [-0.25, -0.2) is 0 Å². The van der Waals surface area contributed by atoms with Gasteiger partial charge in [-0.05, 0) is 24.5 Å². The van der Waals surface area contributed by atoms with Gasteiger partial charge in [-0.3, -0.25) is 4.79 Å². The van der Waals surface area contributed by atoms with Gasteiger partial charge in [-0.1, -0.05) is 42.5 Å². The van der Waals surface area contributed by atoms with E-state index in [4.69, 9.17) is 4.74 Å². The Morgan fingerprint density at radius 1 is 1.40 bits per heavy atom. The maximum absolute atomic E-state index is 12.4. The van der Waals surface area contributed by atoms with Gasteiger partial charge in [-0.2, -0.15) is 0 Å². The molecule has 3 rings (SSSR count). The molecule has 1 saturated heterocycles. The number of rotatable bonds is 4. The van der Waals surface area contributed by atoms with E-state index in [-0.39, 0.29) is 11.9 Å². The monoisotopic (exact) mass is 269 g/mol. The third kappa shape index (κ3) is 2.08. The van der Waals surface area contributed by atoms with Crippen molar-refractivity contribution in [3.63, 3.8) is 0 Å². The molecule has 2 aliphatic heterocycles. The van der Waals surface area contributed by atoms with Gasteiger partial charge in [0.2, 0.25) is 5.91 Å². The molecule has 0 saturated carbocycles. The summed E-state index contributed by atoms with van der Waals surface area (Å²) in [6, 6.07) is 10.1. The molecule has 1 aromatic carbocycles. The highest BCUT2D eigenvalue weighted by atomic mass is 16.5. The molecule has 0 aromatic heterocycles. The van der Waals surface area contributed by atoms with Crippen LogP contribution in [0.3, 0.4) is 0 Å². The summed E-state index contributed by atoms with van der Waals surface area (Å²) in [7, 11) is 0. The SMILES string of the molecule is C=CCC[C@@]12CC=CC(=O)N1[C@@H](c1ccccc1)CO2. The zero-order chi connectivity index (χ0) is 14.0. The molecule has 104 valence electrons.